The second-order valence-electron chi connectivity index (χ2n) is 4.25. The highest BCUT2D eigenvalue weighted by molar-refractivity contribution is 4.83. The summed E-state index contributed by atoms with van der Waals surface area (Å²) in [7, 11) is 0. The third kappa shape index (κ3) is 2.14. The second kappa shape index (κ2) is 3.27. The van der Waals surface area contributed by atoms with Crippen molar-refractivity contribution in [1.82, 2.24) is 0 Å². The fourth-order valence-electron chi connectivity index (χ4n) is 1.09. The minimum Gasteiger partial charge on any atom is -0.171 e. The molecular weight excluding hydrogens is 165 g/mol. The van der Waals surface area contributed by atoms with Crippen molar-refractivity contribution in [3.05, 3.63) is 0 Å². The topological polar surface area (TPSA) is 0 Å². The highest BCUT2D eigenvalue weighted by Crippen LogP contribution is 2.45. The van der Waals surface area contributed by atoms with E-state index in [9.17, 15) is 13.2 Å². The summed E-state index contributed by atoms with van der Waals surface area (Å²) in [4.78, 5) is 0. The summed E-state index contributed by atoms with van der Waals surface area (Å²) in [5.41, 5.74) is -1.58. The van der Waals surface area contributed by atoms with Crippen molar-refractivity contribution >= 4 is 0 Å². The van der Waals surface area contributed by atoms with Crippen LogP contribution in [-0.2, 0) is 0 Å². The predicted molar refractivity (Wildman–Crippen MR) is 43.8 cm³/mol. The molecule has 0 radical (unpaired) electrons. The van der Waals surface area contributed by atoms with E-state index in [1.807, 2.05) is 13.8 Å². The van der Waals surface area contributed by atoms with E-state index in [1.54, 1.807) is 6.92 Å². The predicted octanol–water partition coefficient (Wildman–Crippen LogP) is 3.87. The van der Waals surface area contributed by atoms with Crippen LogP contribution in [0.5, 0.6) is 0 Å². The van der Waals surface area contributed by atoms with Crippen LogP contribution in [0.2, 0.25) is 0 Å². The maximum absolute atomic E-state index is 12.4. The van der Waals surface area contributed by atoms with Crippen LogP contribution in [-0.4, -0.2) is 6.18 Å². The van der Waals surface area contributed by atoms with E-state index in [0.29, 0.717) is 0 Å². The lowest BCUT2D eigenvalue weighted by molar-refractivity contribution is -0.232. The molecule has 0 aliphatic heterocycles. The maximum Gasteiger partial charge on any atom is 0.394 e. The molecule has 0 saturated carbocycles. The van der Waals surface area contributed by atoms with Crippen molar-refractivity contribution < 1.29 is 13.2 Å². The Hall–Kier alpha value is -0.210. The number of alkyl halides is 3. The van der Waals surface area contributed by atoms with Crippen LogP contribution in [0.15, 0.2) is 0 Å². The zero-order valence-corrected chi connectivity index (χ0v) is 8.29. The van der Waals surface area contributed by atoms with Crippen LogP contribution in [0, 0.1) is 17.3 Å². The quantitative estimate of drug-likeness (QED) is 0.608. The van der Waals surface area contributed by atoms with Crippen molar-refractivity contribution in [3.8, 4) is 0 Å². The van der Waals surface area contributed by atoms with Crippen molar-refractivity contribution in [2.24, 2.45) is 17.3 Å². The standard InChI is InChI=1S/C9H17F3/c1-6(2)7(3)8(4,5)9(10,11)12/h6-7H,1-5H3. The van der Waals surface area contributed by atoms with Gasteiger partial charge in [-0.25, -0.2) is 0 Å². The van der Waals surface area contributed by atoms with Gasteiger partial charge in [0.1, 0.15) is 0 Å². The van der Waals surface area contributed by atoms with Crippen LogP contribution < -0.4 is 0 Å². The van der Waals surface area contributed by atoms with E-state index in [1.165, 1.54) is 13.8 Å². The molecule has 0 saturated heterocycles. The summed E-state index contributed by atoms with van der Waals surface area (Å²) < 4.78 is 37.3. The Kier molecular flexibility index (Phi) is 3.21. The van der Waals surface area contributed by atoms with Crippen molar-refractivity contribution in [2.45, 2.75) is 40.8 Å². The van der Waals surface area contributed by atoms with Gasteiger partial charge >= 0.3 is 6.18 Å². The first-order chi connectivity index (χ1) is 5.10. The molecule has 0 aromatic carbocycles. The van der Waals surface area contributed by atoms with Gasteiger partial charge in [0.05, 0.1) is 5.41 Å². The van der Waals surface area contributed by atoms with Crippen molar-refractivity contribution in [1.29, 1.82) is 0 Å². The Balaban J connectivity index is 4.61. The average Bonchev–Trinajstić information content (AvgIpc) is 1.83. The summed E-state index contributed by atoms with van der Waals surface area (Å²) in [6.07, 6.45) is -4.10. The molecule has 0 N–H and O–H groups in total. The van der Waals surface area contributed by atoms with Gasteiger partial charge in [-0.2, -0.15) is 13.2 Å². The summed E-state index contributed by atoms with van der Waals surface area (Å²) in [5.74, 6) is -0.292. The maximum atomic E-state index is 12.4. The Morgan fingerprint density at radius 3 is 1.33 bits per heavy atom. The third-order valence-electron chi connectivity index (χ3n) is 2.87. The molecular formula is C9H17F3. The normalized spacial score (nSPS) is 16.8. The van der Waals surface area contributed by atoms with Crippen LogP contribution in [0.1, 0.15) is 34.6 Å². The Morgan fingerprint density at radius 1 is 0.917 bits per heavy atom. The van der Waals surface area contributed by atoms with Crippen LogP contribution in [0.3, 0.4) is 0 Å². The average molecular weight is 182 g/mol. The molecule has 0 spiro atoms. The fraction of sp³-hybridized carbons (Fsp3) is 1.00. The first-order valence-electron chi connectivity index (χ1n) is 4.17. The Labute approximate surface area is 72.2 Å². The SMILES string of the molecule is CC(C)C(C)C(C)(C)C(F)(F)F. The number of hydrogen-bond acceptors (Lipinski definition) is 0. The van der Waals surface area contributed by atoms with Gasteiger partial charge in [-0.05, 0) is 11.8 Å². The minimum atomic E-state index is -4.10. The first-order valence-corrected chi connectivity index (χ1v) is 4.17. The van der Waals surface area contributed by atoms with Crippen molar-refractivity contribution in [3.63, 3.8) is 0 Å². The van der Waals surface area contributed by atoms with Gasteiger partial charge in [-0.15, -0.1) is 0 Å². The van der Waals surface area contributed by atoms with Gasteiger partial charge in [0.15, 0.2) is 0 Å². The zero-order chi connectivity index (χ0) is 10.2. The third-order valence-corrected chi connectivity index (χ3v) is 2.87. The fourth-order valence-corrected chi connectivity index (χ4v) is 1.09. The lowest BCUT2D eigenvalue weighted by Crippen LogP contribution is -2.40. The zero-order valence-electron chi connectivity index (χ0n) is 8.29. The van der Waals surface area contributed by atoms with Gasteiger partial charge in [-0.3, -0.25) is 0 Å². The van der Waals surface area contributed by atoms with E-state index in [0.717, 1.165) is 0 Å². The monoisotopic (exact) mass is 182 g/mol. The molecule has 0 bridgehead atoms. The minimum absolute atomic E-state index is 0.0571. The smallest absolute Gasteiger partial charge is 0.171 e. The summed E-state index contributed by atoms with van der Waals surface area (Å²) >= 11 is 0. The highest BCUT2D eigenvalue weighted by Gasteiger charge is 2.51. The molecule has 0 aliphatic carbocycles. The molecule has 0 heterocycles. The number of rotatable bonds is 2. The molecule has 12 heavy (non-hydrogen) atoms. The Morgan fingerprint density at radius 2 is 1.25 bits per heavy atom. The lowest BCUT2D eigenvalue weighted by atomic mass is 9.73. The van der Waals surface area contributed by atoms with Gasteiger partial charge < -0.3 is 0 Å². The largest absolute Gasteiger partial charge is 0.394 e. The van der Waals surface area contributed by atoms with Crippen LogP contribution in [0.25, 0.3) is 0 Å². The molecule has 0 aliphatic rings. The van der Waals surface area contributed by atoms with Gasteiger partial charge in [0.2, 0.25) is 0 Å². The first kappa shape index (κ1) is 11.8. The molecule has 0 fully saturated rings. The Bertz CT molecular complexity index is 144. The van der Waals surface area contributed by atoms with Crippen LogP contribution >= 0.6 is 0 Å². The molecule has 1 atom stereocenters. The van der Waals surface area contributed by atoms with E-state index in [-0.39, 0.29) is 11.8 Å². The van der Waals surface area contributed by atoms with Gasteiger partial charge in [-0.1, -0.05) is 34.6 Å². The summed E-state index contributed by atoms with van der Waals surface area (Å²) in [6, 6.07) is 0. The molecule has 0 amide bonds. The number of hydrogen-bond donors (Lipinski definition) is 0. The highest BCUT2D eigenvalue weighted by atomic mass is 19.4. The molecule has 0 nitrogen and oxygen atoms in total. The van der Waals surface area contributed by atoms with E-state index < -0.39 is 11.6 Å². The van der Waals surface area contributed by atoms with E-state index in [2.05, 4.69) is 0 Å². The number of halogens is 3. The molecule has 0 aromatic rings. The second-order valence-corrected chi connectivity index (χ2v) is 4.25. The molecule has 1 unspecified atom stereocenters. The lowest BCUT2D eigenvalue weighted by Gasteiger charge is -2.36. The molecule has 74 valence electrons. The molecule has 3 heteroatoms. The van der Waals surface area contributed by atoms with Crippen LogP contribution in [0.4, 0.5) is 13.2 Å². The van der Waals surface area contributed by atoms with Gasteiger partial charge in [0.25, 0.3) is 0 Å². The summed E-state index contributed by atoms with van der Waals surface area (Å²) in [5, 5.41) is 0. The van der Waals surface area contributed by atoms with E-state index in [4.69, 9.17) is 0 Å². The summed E-state index contributed by atoms with van der Waals surface area (Å²) in [6.45, 7) is 7.81. The van der Waals surface area contributed by atoms with Crippen molar-refractivity contribution in [2.75, 3.05) is 0 Å². The molecule has 0 aromatic heterocycles. The van der Waals surface area contributed by atoms with Gasteiger partial charge in [0, 0.05) is 0 Å². The van der Waals surface area contributed by atoms with E-state index >= 15 is 0 Å². The molecule has 0 rings (SSSR count).